The van der Waals surface area contributed by atoms with Crippen molar-refractivity contribution in [1.82, 2.24) is 4.90 Å². The van der Waals surface area contributed by atoms with Crippen LogP contribution in [-0.4, -0.2) is 30.9 Å². The van der Waals surface area contributed by atoms with E-state index >= 15 is 0 Å². The van der Waals surface area contributed by atoms with E-state index in [1.165, 1.54) is 48.2 Å². The maximum atomic E-state index is 12.5. The number of thiophene rings is 1. The average molecular weight is 473 g/mol. The first-order valence-corrected chi connectivity index (χ1v) is 13.7. The van der Waals surface area contributed by atoms with Crippen molar-refractivity contribution >= 4 is 22.8 Å². The van der Waals surface area contributed by atoms with Crippen LogP contribution in [-0.2, 0) is 6.42 Å². The third kappa shape index (κ3) is 5.16. The Morgan fingerprint density at radius 1 is 1.18 bits per heavy atom. The molecule has 2 N–H and O–H groups in total. The minimum absolute atomic E-state index is 0.0924. The van der Waals surface area contributed by atoms with E-state index in [-0.39, 0.29) is 11.3 Å². The van der Waals surface area contributed by atoms with Crippen molar-refractivity contribution in [2.75, 3.05) is 20.1 Å². The van der Waals surface area contributed by atoms with Crippen molar-refractivity contribution in [1.29, 1.82) is 0 Å². The van der Waals surface area contributed by atoms with Crippen LogP contribution >= 0.6 is 11.3 Å². The van der Waals surface area contributed by atoms with Crippen molar-refractivity contribution in [3.63, 3.8) is 0 Å². The molecule has 1 aromatic heterocycles. The zero-order valence-corrected chi connectivity index (χ0v) is 21.3. The fourth-order valence-electron chi connectivity index (χ4n) is 5.76. The van der Waals surface area contributed by atoms with Gasteiger partial charge in [0.05, 0.1) is 4.88 Å². The number of nitrogens with two attached hydrogens (primary N) is 1. The maximum absolute atomic E-state index is 12.5. The van der Waals surface area contributed by atoms with Gasteiger partial charge in [-0.25, -0.2) is 0 Å². The molecule has 0 atom stereocenters. The predicted molar refractivity (Wildman–Crippen MR) is 142 cm³/mol. The molecular weight excluding hydrogens is 436 g/mol. The van der Waals surface area contributed by atoms with Crippen molar-refractivity contribution in [3.05, 3.63) is 62.9 Å². The molecule has 3 aliphatic rings. The zero-order valence-electron chi connectivity index (χ0n) is 20.5. The summed E-state index contributed by atoms with van der Waals surface area (Å²) in [5, 5.41) is 0. The zero-order chi connectivity index (χ0) is 23.7. The quantitative estimate of drug-likeness (QED) is 0.532. The molecule has 5 rings (SSSR count). The van der Waals surface area contributed by atoms with Gasteiger partial charge in [-0.1, -0.05) is 61.9 Å². The van der Waals surface area contributed by atoms with Crippen LogP contribution in [0.25, 0.3) is 5.57 Å². The molecule has 0 saturated heterocycles. The second kappa shape index (κ2) is 9.72. The molecule has 34 heavy (non-hydrogen) atoms. The lowest BCUT2D eigenvalue weighted by Gasteiger charge is -2.35. The summed E-state index contributed by atoms with van der Waals surface area (Å²) < 4.78 is 0. The second-order valence-electron chi connectivity index (χ2n) is 10.9. The van der Waals surface area contributed by atoms with Gasteiger partial charge in [-0.15, -0.1) is 11.3 Å². The summed E-state index contributed by atoms with van der Waals surface area (Å²) in [5.74, 6) is 8.19. The molecule has 1 aliphatic heterocycles. The maximum Gasteiger partial charge on any atom is 0.259 e. The van der Waals surface area contributed by atoms with Crippen LogP contribution in [0.5, 0.6) is 0 Å². The van der Waals surface area contributed by atoms with E-state index in [1.54, 1.807) is 5.57 Å². The fourth-order valence-corrected chi connectivity index (χ4v) is 6.65. The number of primary amides is 1. The largest absolute Gasteiger partial charge is 0.365 e. The van der Waals surface area contributed by atoms with Crippen molar-refractivity contribution in [3.8, 4) is 11.8 Å². The van der Waals surface area contributed by atoms with Gasteiger partial charge in [-0.05, 0) is 80.2 Å². The highest BCUT2D eigenvalue weighted by Gasteiger charge is 2.41. The average Bonchev–Trinajstić information content (AvgIpc) is 3.45. The minimum Gasteiger partial charge on any atom is -0.365 e. The van der Waals surface area contributed by atoms with Crippen LogP contribution in [0.15, 0.2) is 42.0 Å². The smallest absolute Gasteiger partial charge is 0.259 e. The molecule has 3 nitrogen and oxygen atoms in total. The minimum atomic E-state index is -0.318. The molecule has 0 radical (unpaired) electrons. The highest BCUT2D eigenvalue weighted by Crippen LogP contribution is 2.48. The van der Waals surface area contributed by atoms with Gasteiger partial charge in [0.15, 0.2) is 0 Å². The number of likely N-dealkylation sites (N-methyl/N-ethyl adjacent to an activating group) is 1. The van der Waals surface area contributed by atoms with E-state index in [2.05, 4.69) is 67.1 Å². The van der Waals surface area contributed by atoms with E-state index < -0.39 is 0 Å². The van der Waals surface area contributed by atoms with Crippen molar-refractivity contribution in [2.24, 2.45) is 23.0 Å². The van der Waals surface area contributed by atoms with Gasteiger partial charge >= 0.3 is 0 Å². The topological polar surface area (TPSA) is 46.3 Å². The van der Waals surface area contributed by atoms with E-state index in [1.807, 2.05) is 0 Å². The fraction of sp³-hybridized carbons (Fsp3) is 0.500. The SMILES string of the molecule is CC1CCC(C2=C(c3cc(C#CC4(Cc5ccccc5)CC4)sc3C(N)=O)CCN(C)C2)CC1. The third-order valence-electron chi connectivity index (χ3n) is 8.05. The number of nitrogens with zero attached hydrogens (tertiary/aromatic N) is 1. The van der Waals surface area contributed by atoms with E-state index in [9.17, 15) is 4.79 Å². The van der Waals surface area contributed by atoms with Crippen molar-refractivity contribution < 1.29 is 4.79 Å². The van der Waals surface area contributed by atoms with Gasteiger partial charge in [0, 0.05) is 24.1 Å². The lowest BCUT2D eigenvalue weighted by atomic mass is 9.75. The highest BCUT2D eigenvalue weighted by molar-refractivity contribution is 7.14. The lowest BCUT2D eigenvalue weighted by molar-refractivity contribution is 0.100. The highest BCUT2D eigenvalue weighted by atomic mass is 32.1. The molecular formula is C30H36N2OS. The van der Waals surface area contributed by atoms with Gasteiger partial charge in [0.25, 0.3) is 5.91 Å². The van der Waals surface area contributed by atoms with Crippen LogP contribution in [0.4, 0.5) is 0 Å². The molecule has 0 unspecified atom stereocenters. The summed E-state index contributed by atoms with van der Waals surface area (Å²) in [5.41, 5.74) is 11.3. The summed E-state index contributed by atoms with van der Waals surface area (Å²) in [7, 11) is 2.21. The summed E-state index contributed by atoms with van der Waals surface area (Å²) in [6.07, 6.45) is 9.42. The lowest BCUT2D eigenvalue weighted by Crippen LogP contribution is -2.32. The summed E-state index contributed by atoms with van der Waals surface area (Å²) >= 11 is 1.49. The van der Waals surface area contributed by atoms with E-state index in [4.69, 9.17) is 5.73 Å². The van der Waals surface area contributed by atoms with Crippen LogP contribution in [0.3, 0.4) is 0 Å². The molecule has 2 aromatic rings. The summed E-state index contributed by atoms with van der Waals surface area (Å²) in [4.78, 5) is 16.6. The van der Waals surface area contributed by atoms with Crippen LogP contribution < -0.4 is 5.73 Å². The van der Waals surface area contributed by atoms with Crippen LogP contribution in [0, 0.1) is 29.1 Å². The van der Waals surface area contributed by atoms with Crippen molar-refractivity contribution in [2.45, 2.75) is 58.3 Å². The van der Waals surface area contributed by atoms with Crippen LogP contribution in [0.2, 0.25) is 0 Å². The Labute approximate surface area is 208 Å². The number of carbonyl (C=O) groups excluding carboxylic acids is 1. The van der Waals surface area contributed by atoms with Gasteiger partial charge in [0.2, 0.25) is 0 Å². The molecule has 2 fully saturated rings. The molecule has 0 bridgehead atoms. The Hall–Kier alpha value is -2.35. The number of hydrogen-bond donors (Lipinski definition) is 1. The molecule has 4 heteroatoms. The summed E-state index contributed by atoms with van der Waals surface area (Å²) in [6, 6.07) is 12.8. The Bertz CT molecular complexity index is 1140. The molecule has 2 heterocycles. The normalized spacial score (nSPS) is 24.4. The van der Waals surface area contributed by atoms with Crippen LogP contribution in [0.1, 0.15) is 77.5 Å². The number of benzene rings is 1. The first kappa shape index (κ1) is 23.4. The van der Waals surface area contributed by atoms with Gasteiger partial charge in [-0.2, -0.15) is 0 Å². The Morgan fingerprint density at radius 2 is 1.91 bits per heavy atom. The number of amides is 1. The molecule has 178 valence electrons. The van der Waals surface area contributed by atoms with Gasteiger partial charge in [-0.3, -0.25) is 4.79 Å². The molecule has 1 amide bonds. The first-order valence-electron chi connectivity index (χ1n) is 12.8. The monoisotopic (exact) mass is 472 g/mol. The number of carbonyl (C=O) groups is 1. The third-order valence-corrected chi connectivity index (χ3v) is 9.12. The second-order valence-corrected chi connectivity index (χ2v) is 11.9. The van der Waals surface area contributed by atoms with E-state index in [0.29, 0.717) is 10.8 Å². The standard InChI is InChI=1S/C30H36N2OS/c1-21-8-10-23(11-9-21)27-20-32(2)17-13-25(27)26-18-24(34-28(26)29(31)33)12-14-30(15-16-30)19-22-6-4-3-5-7-22/h3-7,18,21,23H,8-11,13,15-17,19-20H2,1-2H3,(H2,31,33). The molecule has 2 aliphatic carbocycles. The predicted octanol–water partition coefficient (Wildman–Crippen LogP) is 6.14. The van der Waals surface area contributed by atoms with E-state index in [0.717, 1.165) is 55.1 Å². The molecule has 0 spiro atoms. The first-order chi connectivity index (χ1) is 16.4. The molecule has 2 saturated carbocycles. The Balaban J connectivity index is 1.46. The number of rotatable bonds is 5. The Morgan fingerprint density at radius 3 is 2.59 bits per heavy atom. The Kier molecular flexibility index (Phi) is 6.69. The molecule has 1 aromatic carbocycles. The summed E-state index contributed by atoms with van der Waals surface area (Å²) in [6.45, 7) is 4.40. The van der Waals surface area contributed by atoms with Gasteiger partial charge < -0.3 is 10.6 Å². The number of hydrogen-bond acceptors (Lipinski definition) is 3. The van der Waals surface area contributed by atoms with Gasteiger partial charge in [0.1, 0.15) is 4.88 Å².